The fourth-order valence-electron chi connectivity index (χ4n) is 2.14. The molecule has 0 aliphatic rings. The molecule has 1 aromatic carbocycles. The number of nitrogen functional groups attached to an aromatic ring is 1. The Balaban J connectivity index is 1.78. The Morgan fingerprint density at radius 1 is 1.29 bits per heavy atom. The Morgan fingerprint density at radius 3 is 2.67 bits per heavy atom. The van der Waals surface area contributed by atoms with Gasteiger partial charge < -0.3 is 20.7 Å². The van der Waals surface area contributed by atoms with Crippen LogP contribution in [0, 0.1) is 0 Å². The molecule has 0 bridgehead atoms. The minimum Gasteiger partial charge on any atom is -0.478 e. The molecule has 10 nitrogen and oxygen atoms in total. The summed E-state index contributed by atoms with van der Waals surface area (Å²) in [5.41, 5.74) is 5.85. The summed E-state index contributed by atoms with van der Waals surface area (Å²) in [6, 6.07) is 5.72. The third kappa shape index (κ3) is 2.92. The number of anilines is 2. The highest BCUT2D eigenvalue weighted by Gasteiger charge is 2.12. The van der Waals surface area contributed by atoms with Crippen molar-refractivity contribution in [2.75, 3.05) is 11.1 Å². The fraction of sp³-hybridized carbons (Fsp3) is 0.0714. The highest BCUT2D eigenvalue weighted by molar-refractivity contribution is 5.92. The zero-order chi connectivity index (χ0) is 17.3. The number of hydrogen-bond donors (Lipinski definition) is 4. The maximum Gasteiger partial charge on any atom is 0.335 e. The number of rotatable bonds is 4. The summed E-state index contributed by atoms with van der Waals surface area (Å²) >= 11 is 0. The van der Waals surface area contributed by atoms with E-state index in [0.29, 0.717) is 5.69 Å². The number of carbonyl (C=O) groups is 2. The molecule has 122 valence electrons. The lowest BCUT2D eigenvalue weighted by Crippen LogP contribution is -2.19. The van der Waals surface area contributed by atoms with Gasteiger partial charge in [0.1, 0.15) is 6.54 Å². The second kappa shape index (κ2) is 5.83. The van der Waals surface area contributed by atoms with Gasteiger partial charge in [-0.2, -0.15) is 4.98 Å². The number of carboxylic acid groups (broad SMARTS) is 1. The zero-order valence-electron chi connectivity index (χ0n) is 12.2. The van der Waals surface area contributed by atoms with E-state index >= 15 is 0 Å². The standard InChI is InChI=1S/C14H12N6O4/c15-14-18-11-10(12(22)19-14)16-6-20(11)5-9(21)17-8-3-1-7(2-4-8)13(23)24/h1-4,6H,5H2,(H,17,21)(H,23,24)(H3,15,18,19,22). The predicted octanol–water partition coefficient (Wildman–Crippen LogP) is 0.0387. The molecule has 0 saturated carbocycles. The number of aromatic amines is 1. The first-order valence-corrected chi connectivity index (χ1v) is 6.78. The lowest BCUT2D eigenvalue weighted by Gasteiger charge is -2.07. The summed E-state index contributed by atoms with van der Waals surface area (Å²) in [4.78, 5) is 44.7. The molecule has 0 radical (unpaired) electrons. The van der Waals surface area contributed by atoms with Crippen molar-refractivity contribution in [1.82, 2.24) is 19.5 Å². The minimum atomic E-state index is -1.05. The quantitative estimate of drug-likeness (QED) is 0.526. The summed E-state index contributed by atoms with van der Waals surface area (Å²) in [5.74, 6) is -1.51. The van der Waals surface area contributed by atoms with Crippen LogP contribution >= 0.6 is 0 Å². The number of H-pyrrole nitrogens is 1. The van der Waals surface area contributed by atoms with Gasteiger partial charge in [-0.15, -0.1) is 0 Å². The van der Waals surface area contributed by atoms with Crippen molar-refractivity contribution in [3.05, 3.63) is 46.5 Å². The third-order valence-corrected chi connectivity index (χ3v) is 3.22. The van der Waals surface area contributed by atoms with Gasteiger partial charge in [-0.1, -0.05) is 0 Å². The van der Waals surface area contributed by atoms with Gasteiger partial charge in [-0.05, 0) is 24.3 Å². The summed E-state index contributed by atoms with van der Waals surface area (Å²) in [7, 11) is 0. The molecule has 3 rings (SSSR count). The molecule has 0 saturated heterocycles. The third-order valence-electron chi connectivity index (χ3n) is 3.22. The van der Waals surface area contributed by atoms with E-state index in [-0.39, 0.29) is 29.2 Å². The Labute approximate surface area is 134 Å². The van der Waals surface area contributed by atoms with Gasteiger partial charge >= 0.3 is 5.97 Å². The average molecular weight is 328 g/mol. The number of nitrogens with two attached hydrogens (primary N) is 1. The van der Waals surface area contributed by atoms with E-state index in [9.17, 15) is 14.4 Å². The Morgan fingerprint density at radius 2 is 2.00 bits per heavy atom. The first-order valence-electron chi connectivity index (χ1n) is 6.78. The van der Waals surface area contributed by atoms with Crippen LogP contribution in [0.25, 0.3) is 11.2 Å². The Kier molecular flexibility index (Phi) is 3.70. The molecule has 2 heterocycles. The molecule has 24 heavy (non-hydrogen) atoms. The largest absolute Gasteiger partial charge is 0.478 e. The second-order valence-corrected chi connectivity index (χ2v) is 4.93. The van der Waals surface area contributed by atoms with Crippen LogP contribution in [-0.2, 0) is 11.3 Å². The van der Waals surface area contributed by atoms with Crippen LogP contribution in [0.1, 0.15) is 10.4 Å². The van der Waals surface area contributed by atoms with Crippen molar-refractivity contribution in [3.8, 4) is 0 Å². The van der Waals surface area contributed by atoms with Gasteiger partial charge in [0, 0.05) is 5.69 Å². The van der Waals surface area contributed by atoms with Crippen molar-refractivity contribution < 1.29 is 14.7 Å². The van der Waals surface area contributed by atoms with Crippen LogP contribution in [0.15, 0.2) is 35.4 Å². The summed E-state index contributed by atoms with van der Waals surface area (Å²) in [5, 5.41) is 11.4. The second-order valence-electron chi connectivity index (χ2n) is 4.93. The van der Waals surface area contributed by atoms with Gasteiger partial charge in [-0.25, -0.2) is 9.78 Å². The topological polar surface area (TPSA) is 156 Å². The van der Waals surface area contributed by atoms with Crippen molar-refractivity contribution in [1.29, 1.82) is 0 Å². The van der Waals surface area contributed by atoms with E-state index in [1.54, 1.807) is 0 Å². The van der Waals surface area contributed by atoms with Gasteiger partial charge in [0.15, 0.2) is 11.2 Å². The Hall–Kier alpha value is -3.69. The Bertz CT molecular complexity index is 989. The smallest absolute Gasteiger partial charge is 0.335 e. The summed E-state index contributed by atoms with van der Waals surface area (Å²) in [6.07, 6.45) is 1.32. The normalized spacial score (nSPS) is 10.7. The predicted molar refractivity (Wildman–Crippen MR) is 84.6 cm³/mol. The van der Waals surface area contributed by atoms with Crippen molar-refractivity contribution in [2.45, 2.75) is 6.54 Å². The van der Waals surface area contributed by atoms with E-state index in [2.05, 4.69) is 20.3 Å². The summed E-state index contributed by atoms with van der Waals surface area (Å²) < 4.78 is 1.39. The van der Waals surface area contributed by atoms with Crippen LogP contribution < -0.4 is 16.6 Å². The van der Waals surface area contributed by atoms with Gasteiger partial charge in [0.25, 0.3) is 5.56 Å². The number of nitrogens with one attached hydrogen (secondary N) is 2. The lowest BCUT2D eigenvalue weighted by atomic mass is 10.2. The van der Waals surface area contributed by atoms with Crippen molar-refractivity contribution in [3.63, 3.8) is 0 Å². The van der Waals surface area contributed by atoms with Crippen LogP contribution in [0.2, 0.25) is 0 Å². The van der Waals surface area contributed by atoms with E-state index in [1.165, 1.54) is 35.2 Å². The first kappa shape index (κ1) is 15.2. The van der Waals surface area contributed by atoms with Gasteiger partial charge in [0.2, 0.25) is 11.9 Å². The number of fused-ring (bicyclic) bond motifs is 1. The molecule has 1 amide bonds. The molecule has 0 spiro atoms. The minimum absolute atomic E-state index is 0.0704. The molecule has 0 fully saturated rings. The molecule has 0 atom stereocenters. The molecule has 10 heteroatoms. The van der Waals surface area contributed by atoms with Crippen LogP contribution in [0.5, 0.6) is 0 Å². The lowest BCUT2D eigenvalue weighted by molar-refractivity contribution is -0.116. The molecular weight excluding hydrogens is 316 g/mol. The molecule has 0 aliphatic carbocycles. The maximum atomic E-state index is 12.1. The van der Waals surface area contributed by atoms with Crippen molar-refractivity contribution >= 4 is 34.7 Å². The van der Waals surface area contributed by atoms with Crippen LogP contribution in [0.4, 0.5) is 11.6 Å². The highest BCUT2D eigenvalue weighted by atomic mass is 16.4. The average Bonchev–Trinajstić information content (AvgIpc) is 2.91. The number of amides is 1. The number of benzene rings is 1. The van der Waals surface area contributed by atoms with E-state index in [0.717, 1.165) is 0 Å². The van der Waals surface area contributed by atoms with E-state index in [1.807, 2.05) is 0 Å². The molecule has 0 aliphatic heterocycles. The van der Waals surface area contributed by atoms with Gasteiger partial charge in [0.05, 0.1) is 11.9 Å². The number of carboxylic acids is 1. The number of carbonyl (C=O) groups excluding carboxylic acids is 1. The van der Waals surface area contributed by atoms with Crippen LogP contribution in [0.3, 0.4) is 0 Å². The monoisotopic (exact) mass is 328 g/mol. The van der Waals surface area contributed by atoms with Crippen molar-refractivity contribution in [2.24, 2.45) is 0 Å². The van der Waals surface area contributed by atoms with E-state index < -0.39 is 17.4 Å². The number of nitrogens with zero attached hydrogens (tertiary/aromatic N) is 3. The SMILES string of the molecule is Nc1nc2c(ncn2CC(=O)Nc2ccc(C(=O)O)cc2)c(=O)[nH]1. The summed E-state index contributed by atoms with van der Waals surface area (Å²) in [6.45, 7) is -0.132. The fourth-order valence-corrected chi connectivity index (χ4v) is 2.14. The van der Waals surface area contributed by atoms with Gasteiger partial charge in [-0.3, -0.25) is 14.6 Å². The molecular formula is C14H12N6O4. The number of aromatic carboxylic acids is 1. The maximum absolute atomic E-state index is 12.1. The number of hydrogen-bond acceptors (Lipinski definition) is 6. The number of aromatic nitrogens is 4. The molecule has 5 N–H and O–H groups in total. The molecule has 0 unspecified atom stereocenters. The molecule has 2 aromatic heterocycles. The number of imidazole rings is 1. The zero-order valence-corrected chi connectivity index (χ0v) is 12.2. The molecule has 3 aromatic rings. The van der Waals surface area contributed by atoms with E-state index in [4.69, 9.17) is 10.8 Å². The van der Waals surface area contributed by atoms with Crippen LogP contribution in [-0.4, -0.2) is 36.5 Å². The first-order chi connectivity index (χ1) is 11.4. The highest BCUT2D eigenvalue weighted by Crippen LogP contribution is 2.11.